The van der Waals surface area contributed by atoms with Gasteiger partial charge in [-0.1, -0.05) is 5.16 Å². The Morgan fingerprint density at radius 2 is 2.18 bits per heavy atom. The van der Waals surface area contributed by atoms with Gasteiger partial charge in [0, 0.05) is 37.8 Å². The molecule has 1 aromatic rings. The second-order valence-corrected chi connectivity index (χ2v) is 5.50. The molecule has 0 aliphatic carbocycles. The Bertz CT molecular complexity index is 390. The van der Waals surface area contributed by atoms with Crippen LogP contribution >= 0.6 is 0 Å². The number of aryl methyl sites for hydroxylation is 1. The Morgan fingerprint density at radius 3 is 2.94 bits per heavy atom. The molecule has 4 heteroatoms. The molecular weight excluding hydrogens is 214 g/mol. The summed E-state index contributed by atoms with van der Waals surface area (Å²) in [5, 5.41) is 4.09. The average Bonchev–Trinajstić information content (AvgIpc) is 2.77. The first kappa shape index (κ1) is 11.2. The molecule has 3 rings (SSSR count). The summed E-state index contributed by atoms with van der Waals surface area (Å²) in [5.74, 6) is 0.911. The van der Waals surface area contributed by atoms with E-state index in [-0.39, 0.29) is 0 Å². The minimum atomic E-state index is 0.746. The maximum absolute atomic E-state index is 5.13. The van der Waals surface area contributed by atoms with E-state index in [4.69, 9.17) is 4.52 Å². The maximum Gasteiger partial charge on any atom is 0.133 e. The molecule has 3 heterocycles. The Balaban J connectivity index is 1.65. The minimum Gasteiger partial charge on any atom is -0.361 e. The highest BCUT2D eigenvalue weighted by Crippen LogP contribution is 2.28. The third kappa shape index (κ3) is 2.24. The molecule has 0 radical (unpaired) electrons. The smallest absolute Gasteiger partial charge is 0.133 e. The van der Waals surface area contributed by atoms with E-state index in [2.05, 4.69) is 22.0 Å². The number of hydrogen-bond donors (Lipinski definition) is 0. The SMILES string of the molecule is Cc1cc(CN2CCC3CCC(C2)N3C)no1. The number of fused-ring (bicyclic) bond motifs is 2. The molecule has 2 aliphatic rings. The van der Waals surface area contributed by atoms with E-state index in [9.17, 15) is 0 Å². The summed E-state index contributed by atoms with van der Waals surface area (Å²) in [5.41, 5.74) is 1.07. The lowest BCUT2D eigenvalue weighted by molar-refractivity contribution is 0.211. The normalized spacial score (nSPS) is 30.7. The standard InChI is InChI=1S/C13H21N3O/c1-10-7-11(14-17-10)8-16-6-5-12-3-4-13(9-16)15(12)2/h7,12-13H,3-6,8-9H2,1-2H3. The quantitative estimate of drug-likeness (QED) is 0.780. The van der Waals surface area contributed by atoms with Crippen LogP contribution in [0.2, 0.25) is 0 Å². The fourth-order valence-corrected chi connectivity index (χ4v) is 3.24. The fraction of sp³-hybridized carbons (Fsp3) is 0.769. The highest BCUT2D eigenvalue weighted by atomic mass is 16.5. The van der Waals surface area contributed by atoms with Crippen molar-refractivity contribution in [3.05, 3.63) is 17.5 Å². The largest absolute Gasteiger partial charge is 0.361 e. The second-order valence-electron chi connectivity index (χ2n) is 5.50. The van der Waals surface area contributed by atoms with Crippen LogP contribution in [0.1, 0.15) is 30.7 Å². The lowest BCUT2D eigenvalue weighted by atomic mass is 10.1. The van der Waals surface area contributed by atoms with Gasteiger partial charge in [0.1, 0.15) is 5.76 Å². The van der Waals surface area contributed by atoms with Crippen LogP contribution in [-0.4, -0.2) is 47.2 Å². The van der Waals surface area contributed by atoms with Crippen molar-refractivity contribution >= 4 is 0 Å². The van der Waals surface area contributed by atoms with E-state index in [1.165, 1.54) is 32.4 Å². The van der Waals surface area contributed by atoms with Gasteiger partial charge in [0.15, 0.2) is 0 Å². The molecule has 2 fully saturated rings. The third-order valence-corrected chi connectivity index (χ3v) is 4.29. The van der Waals surface area contributed by atoms with Gasteiger partial charge in [-0.2, -0.15) is 0 Å². The molecule has 17 heavy (non-hydrogen) atoms. The van der Waals surface area contributed by atoms with E-state index < -0.39 is 0 Å². The van der Waals surface area contributed by atoms with Crippen molar-refractivity contribution in [1.29, 1.82) is 0 Å². The van der Waals surface area contributed by atoms with Gasteiger partial charge in [-0.3, -0.25) is 9.80 Å². The van der Waals surface area contributed by atoms with Crippen LogP contribution in [0.3, 0.4) is 0 Å². The van der Waals surface area contributed by atoms with Crippen LogP contribution in [0, 0.1) is 6.92 Å². The zero-order chi connectivity index (χ0) is 11.8. The van der Waals surface area contributed by atoms with Crippen LogP contribution in [-0.2, 0) is 6.54 Å². The van der Waals surface area contributed by atoms with Crippen LogP contribution < -0.4 is 0 Å². The fourth-order valence-electron chi connectivity index (χ4n) is 3.24. The molecule has 2 aliphatic heterocycles. The Labute approximate surface area is 103 Å². The minimum absolute atomic E-state index is 0.746. The van der Waals surface area contributed by atoms with Crippen LogP contribution in [0.25, 0.3) is 0 Å². The van der Waals surface area contributed by atoms with Crippen molar-refractivity contribution in [2.75, 3.05) is 20.1 Å². The van der Waals surface area contributed by atoms with Crippen LogP contribution in [0.4, 0.5) is 0 Å². The first-order valence-electron chi connectivity index (χ1n) is 6.59. The molecule has 0 saturated carbocycles. The van der Waals surface area contributed by atoms with Crippen molar-refractivity contribution in [2.45, 2.75) is 44.8 Å². The number of hydrogen-bond acceptors (Lipinski definition) is 4. The van der Waals surface area contributed by atoms with Gasteiger partial charge in [-0.25, -0.2) is 0 Å². The van der Waals surface area contributed by atoms with Gasteiger partial charge in [0.25, 0.3) is 0 Å². The van der Waals surface area contributed by atoms with Gasteiger partial charge >= 0.3 is 0 Å². The molecule has 2 saturated heterocycles. The third-order valence-electron chi connectivity index (χ3n) is 4.29. The summed E-state index contributed by atoms with van der Waals surface area (Å²) >= 11 is 0. The monoisotopic (exact) mass is 235 g/mol. The van der Waals surface area contributed by atoms with Gasteiger partial charge in [0.2, 0.25) is 0 Å². The van der Waals surface area contributed by atoms with Crippen molar-refractivity contribution in [3.8, 4) is 0 Å². The topological polar surface area (TPSA) is 32.5 Å². The van der Waals surface area contributed by atoms with Gasteiger partial charge < -0.3 is 4.52 Å². The van der Waals surface area contributed by atoms with Crippen LogP contribution in [0.15, 0.2) is 10.6 Å². The lowest BCUT2D eigenvalue weighted by Crippen LogP contribution is -2.36. The molecule has 2 bridgehead atoms. The summed E-state index contributed by atoms with van der Waals surface area (Å²) in [6.45, 7) is 5.26. The van der Waals surface area contributed by atoms with E-state index in [1.54, 1.807) is 0 Å². The van der Waals surface area contributed by atoms with Crippen molar-refractivity contribution in [2.24, 2.45) is 0 Å². The lowest BCUT2D eigenvalue weighted by Gasteiger charge is -2.24. The van der Waals surface area contributed by atoms with Crippen molar-refractivity contribution in [1.82, 2.24) is 15.0 Å². The zero-order valence-electron chi connectivity index (χ0n) is 10.7. The van der Waals surface area contributed by atoms with E-state index in [0.717, 1.165) is 30.1 Å². The van der Waals surface area contributed by atoms with E-state index in [0.29, 0.717) is 0 Å². The molecule has 1 aromatic heterocycles. The second kappa shape index (κ2) is 4.42. The number of rotatable bonds is 2. The summed E-state index contributed by atoms with van der Waals surface area (Å²) < 4.78 is 5.13. The predicted octanol–water partition coefficient (Wildman–Crippen LogP) is 1.65. The molecule has 0 amide bonds. The molecule has 0 N–H and O–H groups in total. The van der Waals surface area contributed by atoms with E-state index >= 15 is 0 Å². The summed E-state index contributed by atoms with van der Waals surface area (Å²) in [6, 6.07) is 3.60. The average molecular weight is 235 g/mol. The first-order chi connectivity index (χ1) is 8.22. The number of aromatic nitrogens is 1. The summed E-state index contributed by atoms with van der Waals surface area (Å²) in [7, 11) is 2.28. The summed E-state index contributed by atoms with van der Waals surface area (Å²) in [4.78, 5) is 5.10. The molecule has 94 valence electrons. The molecule has 0 aromatic carbocycles. The number of likely N-dealkylation sites (N-methyl/N-ethyl adjacent to an activating group) is 1. The van der Waals surface area contributed by atoms with Crippen LogP contribution in [0.5, 0.6) is 0 Å². The Hall–Kier alpha value is -0.870. The molecular formula is C13H21N3O. The molecule has 0 spiro atoms. The Morgan fingerprint density at radius 1 is 1.35 bits per heavy atom. The van der Waals surface area contributed by atoms with Crippen molar-refractivity contribution in [3.63, 3.8) is 0 Å². The van der Waals surface area contributed by atoms with Gasteiger partial charge in [-0.05, 0) is 33.2 Å². The molecule has 2 unspecified atom stereocenters. The predicted molar refractivity (Wildman–Crippen MR) is 65.7 cm³/mol. The number of nitrogens with zero attached hydrogens (tertiary/aromatic N) is 3. The zero-order valence-corrected chi connectivity index (χ0v) is 10.7. The van der Waals surface area contributed by atoms with Gasteiger partial charge in [0.05, 0.1) is 5.69 Å². The first-order valence-corrected chi connectivity index (χ1v) is 6.59. The number of likely N-dealkylation sites (tertiary alicyclic amines) is 1. The highest BCUT2D eigenvalue weighted by molar-refractivity contribution is 5.04. The molecule has 4 nitrogen and oxygen atoms in total. The summed E-state index contributed by atoms with van der Waals surface area (Å²) in [6.07, 6.45) is 4.04. The Kier molecular flexibility index (Phi) is 2.92. The molecule has 2 atom stereocenters. The van der Waals surface area contributed by atoms with Crippen molar-refractivity contribution < 1.29 is 4.52 Å². The van der Waals surface area contributed by atoms with Gasteiger partial charge in [-0.15, -0.1) is 0 Å². The highest BCUT2D eigenvalue weighted by Gasteiger charge is 2.34. The maximum atomic E-state index is 5.13. The van der Waals surface area contributed by atoms with E-state index in [1.807, 2.05) is 13.0 Å².